The minimum absolute atomic E-state index is 0.0666. The first kappa shape index (κ1) is 39.2. The lowest BCUT2D eigenvalue weighted by atomic mass is 9.79. The van der Waals surface area contributed by atoms with Crippen molar-refractivity contribution in [1.82, 2.24) is 0 Å². The molecular formula is C60H54N2. The lowest BCUT2D eigenvalue weighted by Crippen LogP contribution is -2.18. The topological polar surface area (TPSA) is 15.3 Å². The zero-order valence-corrected chi connectivity index (χ0v) is 36.7. The summed E-state index contributed by atoms with van der Waals surface area (Å²) in [7, 11) is 0. The number of allylic oxidation sites excluding steroid dienone is 4. The van der Waals surface area contributed by atoms with Gasteiger partial charge in [0.1, 0.15) is 0 Å². The monoisotopic (exact) mass is 802 g/mol. The summed E-state index contributed by atoms with van der Waals surface area (Å²) >= 11 is 0. The van der Waals surface area contributed by atoms with Crippen LogP contribution in [0.4, 0.5) is 22.7 Å². The third-order valence-corrected chi connectivity index (χ3v) is 13.3. The van der Waals surface area contributed by atoms with Gasteiger partial charge in [-0.05, 0) is 127 Å². The van der Waals surface area contributed by atoms with Crippen molar-refractivity contribution in [3.63, 3.8) is 0 Å². The van der Waals surface area contributed by atoms with E-state index in [2.05, 4.69) is 252 Å². The molecule has 0 radical (unpaired) electrons. The van der Waals surface area contributed by atoms with Crippen molar-refractivity contribution in [2.24, 2.45) is 5.92 Å². The van der Waals surface area contributed by atoms with Crippen LogP contribution in [0.15, 0.2) is 206 Å². The van der Waals surface area contributed by atoms with E-state index in [0.29, 0.717) is 5.92 Å². The predicted octanol–water partition coefficient (Wildman–Crippen LogP) is 16.5. The highest BCUT2D eigenvalue weighted by Crippen LogP contribution is 2.54. The molecule has 2 unspecified atom stereocenters. The highest BCUT2D eigenvalue weighted by molar-refractivity contribution is 5.98. The number of hydrogen-bond donors (Lipinski definition) is 1. The maximum absolute atomic E-state index is 3.83. The van der Waals surface area contributed by atoms with E-state index >= 15 is 0 Å². The summed E-state index contributed by atoms with van der Waals surface area (Å²) in [5, 5.41) is 6.33. The summed E-state index contributed by atoms with van der Waals surface area (Å²) in [5.74, 6) is 0.638. The average Bonchev–Trinajstić information content (AvgIpc) is 3.53. The van der Waals surface area contributed by atoms with E-state index in [0.717, 1.165) is 22.7 Å². The van der Waals surface area contributed by atoms with Gasteiger partial charge in [0, 0.05) is 39.7 Å². The van der Waals surface area contributed by atoms with Gasteiger partial charge in [-0.25, -0.2) is 0 Å². The Bertz CT molecular complexity index is 3000. The molecule has 2 heteroatoms. The van der Waals surface area contributed by atoms with Crippen molar-refractivity contribution in [3.05, 3.63) is 228 Å². The second-order valence-electron chi connectivity index (χ2n) is 18.8. The number of para-hydroxylation sites is 1. The second kappa shape index (κ2) is 15.5. The van der Waals surface area contributed by atoms with Gasteiger partial charge >= 0.3 is 0 Å². The van der Waals surface area contributed by atoms with Gasteiger partial charge in [-0.2, -0.15) is 0 Å². The fourth-order valence-corrected chi connectivity index (χ4v) is 9.93. The molecule has 8 aromatic rings. The Morgan fingerprint density at radius 3 is 1.97 bits per heavy atom. The summed E-state index contributed by atoms with van der Waals surface area (Å²) in [4.78, 5) is 2.43. The summed E-state index contributed by atoms with van der Waals surface area (Å²) in [6, 6.07) is 67.3. The molecule has 10 rings (SSSR count). The molecule has 0 saturated carbocycles. The van der Waals surface area contributed by atoms with E-state index < -0.39 is 0 Å². The second-order valence-corrected chi connectivity index (χ2v) is 18.8. The van der Waals surface area contributed by atoms with Gasteiger partial charge in [0.25, 0.3) is 0 Å². The van der Waals surface area contributed by atoms with E-state index in [4.69, 9.17) is 0 Å². The first-order valence-electron chi connectivity index (χ1n) is 22.1. The van der Waals surface area contributed by atoms with Crippen molar-refractivity contribution < 1.29 is 0 Å². The molecule has 2 nitrogen and oxygen atoms in total. The SMILES string of the molecule is CC1C=CC=C(Nc2ccc(N(c3ccc(-c4ccc5ccccc5c4)cc3)c3ccccc3-c3cccc4c3-c3ccc(C(C)(C)C)cc3C4(C)C)cc2)C1c1ccccc1. The molecule has 0 aromatic heterocycles. The normalized spacial score (nSPS) is 16.4. The van der Waals surface area contributed by atoms with Gasteiger partial charge < -0.3 is 10.2 Å². The van der Waals surface area contributed by atoms with Crippen LogP contribution >= 0.6 is 0 Å². The predicted molar refractivity (Wildman–Crippen MR) is 265 cm³/mol. The number of benzene rings is 8. The van der Waals surface area contributed by atoms with E-state index in [9.17, 15) is 0 Å². The third-order valence-electron chi connectivity index (χ3n) is 13.3. The molecule has 0 saturated heterocycles. The van der Waals surface area contributed by atoms with E-state index in [1.165, 1.54) is 72.1 Å². The number of fused-ring (bicyclic) bond motifs is 4. The van der Waals surface area contributed by atoms with Crippen LogP contribution in [-0.4, -0.2) is 0 Å². The number of rotatable bonds is 8. The molecule has 0 heterocycles. The minimum atomic E-state index is -0.126. The summed E-state index contributed by atoms with van der Waals surface area (Å²) in [6.45, 7) is 14.0. The van der Waals surface area contributed by atoms with Crippen molar-refractivity contribution >= 4 is 33.5 Å². The van der Waals surface area contributed by atoms with Crippen molar-refractivity contribution in [3.8, 4) is 33.4 Å². The Hall–Kier alpha value is -6.90. The molecule has 304 valence electrons. The molecule has 1 N–H and O–H groups in total. The Morgan fingerprint density at radius 1 is 0.548 bits per heavy atom. The first-order valence-corrected chi connectivity index (χ1v) is 22.1. The fraction of sp³-hybridized carbons (Fsp3) is 0.167. The van der Waals surface area contributed by atoms with E-state index in [1.807, 2.05) is 0 Å². The molecule has 0 amide bonds. The number of anilines is 4. The summed E-state index contributed by atoms with van der Waals surface area (Å²) < 4.78 is 0. The zero-order valence-electron chi connectivity index (χ0n) is 36.7. The Kier molecular flexibility index (Phi) is 9.83. The summed E-state index contributed by atoms with van der Waals surface area (Å²) in [6.07, 6.45) is 6.72. The van der Waals surface area contributed by atoms with Crippen LogP contribution in [0.25, 0.3) is 44.2 Å². The molecule has 62 heavy (non-hydrogen) atoms. The number of nitrogens with one attached hydrogen (secondary N) is 1. The minimum Gasteiger partial charge on any atom is -0.358 e. The van der Waals surface area contributed by atoms with Gasteiger partial charge in [0.2, 0.25) is 0 Å². The van der Waals surface area contributed by atoms with Crippen LogP contribution in [-0.2, 0) is 10.8 Å². The lowest BCUT2D eigenvalue weighted by molar-refractivity contribution is 0.584. The lowest BCUT2D eigenvalue weighted by Gasteiger charge is -2.30. The van der Waals surface area contributed by atoms with Gasteiger partial charge in [-0.1, -0.05) is 187 Å². The average molecular weight is 803 g/mol. The molecule has 0 bridgehead atoms. The van der Waals surface area contributed by atoms with Crippen LogP contribution in [0, 0.1) is 5.92 Å². The zero-order chi connectivity index (χ0) is 42.6. The van der Waals surface area contributed by atoms with Gasteiger partial charge in [-0.3, -0.25) is 0 Å². The van der Waals surface area contributed by atoms with Crippen LogP contribution in [0.3, 0.4) is 0 Å². The Morgan fingerprint density at radius 2 is 1.21 bits per heavy atom. The van der Waals surface area contributed by atoms with Gasteiger partial charge in [-0.15, -0.1) is 0 Å². The third kappa shape index (κ3) is 7.04. The maximum Gasteiger partial charge on any atom is 0.0540 e. The Labute approximate surface area is 367 Å². The number of nitrogens with zero attached hydrogens (tertiary/aromatic N) is 1. The van der Waals surface area contributed by atoms with Crippen molar-refractivity contribution in [2.75, 3.05) is 10.2 Å². The number of hydrogen-bond acceptors (Lipinski definition) is 2. The standard InChI is InChI=1S/C60H54N2/c1-40-16-14-24-55(57(40)43-18-8-7-9-19-43)61-47-31-35-49(36-32-47)62(48-33-28-42(29-34-48)45-27-26-41-17-10-11-20-44(41)38-45)56-25-13-12-21-50(56)51-22-15-23-53-58(51)52-37-30-46(59(2,3)4)39-54(52)60(53,5)6/h7-40,57,61H,1-6H3. The molecule has 8 aromatic carbocycles. The van der Waals surface area contributed by atoms with Crippen LogP contribution in [0.1, 0.15) is 69.7 Å². The Balaban J connectivity index is 1.08. The largest absolute Gasteiger partial charge is 0.358 e. The quantitative estimate of drug-likeness (QED) is 0.165. The van der Waals surface area contributed by atoms with Crippen LogP contribution in [0.2, 0.25) is 0 Å². The van der Waals surface area contributed by atoms with E-state index in [1.54, 1.807) is 0 Å². The summed E-state index contributed by atoms with van der Waals surface area (Å²) in [5.41, 5.74) is 18.5. The molecular weight excluding hydrogens is 749 g/mol. The highest BCUT2D eigenvalue weighted by atomic mass is 15.1. The molecule has 0 spiro atoms. The molecule has 2 aliphatic carbocycles. The fourth-order valence-electron chi connectivity index (χ4n) is 9.93. The van der Waals surface area contributed by atoms with Crippen LogP contribution < -0.4 is 10.2 Å². The van der Waals surface area contributed by atoms with E-state index in [-0.39, 0.29) is 16.7 Å². The van der Waals surface area contributed by atoms with Crippen molar-refractivity contribution in [1.29, 1.82) is 0 Å². The van der Waals surface area contributed by atoms with Gasteiger partial charge in [0.05, 0.1) is 5.69 Å². The molecule has 2 atom stereocenters. The van der Waals surface area contributed by atoms with Gasteiger partial charge in [0.15, 0.2) is 0 Å². The van der Waals surface area contributed by atoms with Crippen molar-refractivity contribution in [2.45, 2.75) is 58.3 Å². The smallest absolute Gasteiger partial charge is 0.0540 e. The maximum atomic E-state index is 3.83. The highest BCUT2D eigenvalue weighted by Gasteiger charge is 2.38. The molecule has 0 fully saturated rings. The van der Waals surface area contributed by atoms with Crippen LogP contribution in [0.5, 0.6) is 0 Å². The molecule has 0 aliphatic heterocycles. The first-order chi connectivity index (χ1) is 30.0. The molecule has 2 aliphatic rings.